The zero-order valence-corrected chi connectivity index (χ0v) is 5.88. The average Bonchev–Trinajstić information content (AvgIpc) is 1.89. The van der Waals surface area contributed by atoms with Crippen molar-refractivity contribution >= 4 is 0 Å². The largest absolute Gasteiger partial charge is 0.393 e. The van der Waals surface area contributed by atoms with Gasteiger partial charge in [0.15, 0.2) is 0 Å². The van der Waals surface area contributed by atoms with Gasteiger partial charge < -0.3 is 5.11 Å². The molecule has 52 valence electrons. The molecule has 1 nitrogen and oxygen atoms in total. The second-order valence-corrected chi connectivity index (χ2v) is 1.96. The van der Waals surface area contributed by atoms with Crippen LogP contribution in [0.3, 0.4) is 0 Å². The zero-order chi connectivity index (χ0) is 7.11. The minimum absolute atomic E-state index is 0.179. The first kappa shape index (κ1) is 8.44. The van der Waals surface area contributed by atoms with Crippen molar-refractivity contribution in [3.8, 4) is 0 Å². The smallest absolute Gasteiger partial charge is 0.0572 e. The summed E-state index contributed by atoms with van der Waals surface area (Å²) in [6.45, 7) is 5.48. The van der Waals surface area contributed by atoms with E-state index in [9.17, 15) is 0 Å². The van der Waals surface area contributed by atoms with E-state index in [1.54, 1.807) is 6.08 Å². The monoisotopic (exact) mass is 126 g/mol. The molecule has 0 aromatic rings. The summed E-state index contributed by atoms with van der Waals surface area (Å²) in [5.41, 5.74) is 0. The molecule has 1 heteroatoms. The number of hydrogen-bond acceptors (Lipinski definition) is 1. The van der Waals surface area contributed by atoms with Crippen molar-refractivity contribution in [3.05, 3.63) is 24.8 Å². The molecule has 0 bridgehead atoms. The van der Waals surface area contributed by atoms with Crippen LogP contribution in [0.25, 0.3) is 0 Å². The molecule has 0 saturated carbocycles. The summed E-state index contributed by atoms with van der Waals surface area (Å²) in [6, 6.07) is 0. The summed E-state index contributed by atoms with van der Waals surface area (Å²) < 4.78 is 0. The summed E-state index contributed by atoms with van der Waals surface area (Å²) in [5.74, 6) is 0. The fourth-order valence-corrected chi connectivity index (χ4v) is 0.499. The second kappa shape index (κ2) is 5.57. The molecule has 1 N–H and O–H groups in total. The molecule has 0 spiro atoms. The number of hydrogen-bond donors (Lipinski definition) is 1. The van der Waals surface area contributed by atoms with Gasteiger partial charge in [-0.25, -0.2) is 0 Å². The molecule has 9 heavy (non-hydrogen) atoms. The maximum Gasteiger partial charge on any atom is 0.0572 e. The lowest BCUT2D eigenvalue weighted by atomic mass is 10.2. The maximum atomic E-state index is 9.00. The van der Waals surface area contributed by atoms with Crippen LogP contribution in [0, 0.1) is 0 Å². The van der Waals surface area contributed by atoms with Crippen LogP contribution in [-0.2, 0) is 0 Å². The Labute approximate surface area is 56.7 Å². The third kappa shape index (κ3) is 5.31. The van der Waals surface area contributed by atoms with Gasteiger partial charge in [0.1, 0.15) is 0 Å². The summed E-state index contributed by atoms with van der Waals surface area (Å²) in [4.78, 5) is 0. The van der Waals surface area contributed by atoms with Gasteiger partial charge in [-0.3, -0.25) is 0 Å². The van der Waals surface area contributed by atoms with Gasteiger partial charge in [0, 0.05) is 0 Å². The lowest BCUT2D eigenvalue weighted by molar-refractivity contribution is 0.174. The first-order valence-corrected chi connectivity index (χ1v) is 3.26. The summed E-state index contributed by atoms with van der Waals surface area (Å²) in [5, 5.41) is 9.00. The molecule has 0 radical (unpaired) electrons. The van der Waals surface area contributed by atoms with E-state index in [-0.39, 0.29) is 6.10 Å². The lowest BCUT2D eigenvalue weighted by Gasteiger charge is -2.00. The molecular weight excluding hydrogens is 112 g/mol. The zero-order valence-electron chi connectivity index (χ0n) is 5.88. The molecule has 0 heterocycles. The van der Waals surface area contributed by atoms with Crippen LogP contribution in [0.15, 0.2) is 24.8 Å². The van der Waals surface area contributed by atoms with Crippen LogP contribution in [0.4, 0.5) is 0 Å². The highest BCUT2D eigenvalue weighted by atomic mass is 16.3. The molecule has 0 aromatic heterocycles. The minimum atomic E-state index is -0.179. The van der Waals surface area contributed by atoms with Crippen molar-refractivity contribution in [2.75, 3.05) is 0 Å². The first-order chi connectivity index (χ1) is 4.31. The highest BCUT2D eigenvalue weighted by molar-refractivity contribution is 4.97. The fourth-order valence-electron chi connectivity index (χ4n) is 0.499. The van der Waals surface area contributed by atoms with Crippen molar-refractivity contribution in [2.45, 2.75) is 25.9 Å². The standard InChI is InChI=1S/C8H14O/c1-3-5-6-7-8(9)4-2/h3,5-6,8-9H,1,4,7H2,2H3/b6-5+. The minimum Gasteiger partial charge on any atom is -0.393 e. The molecule has 0 aliphatic rings. The van der Waals surface area contributed by atoms with Gasteiger partial charge in [-0.15, -0.1) is 0 Å². The van der Waals surface area contributed by atoms with Crippen LogP contribution < -0.4 is 0 Å². The first-order valence-electron chi connectivity index (χ1n) is 3.26. The molecular formula is C8H14O. The Balaban J connectivity index is 3.25. The van der Waals surface area contributed by atoms with E-state index in [0.29, 0.717) is 0 Å². The van der Waals surface area contributed by atoms with E-state index in [2.05, 4.69) is 6.58 Å². The second-order valence-electron chi connectivity index (χ2n) is 1.96. The molecule has 0 aromatic carbocycles. The van der Waals surface area contributed by atoms with E-state index < -0.39 is 0 Å². The molecule has 0 saturated heterocycles. The third-order valence-electron chi connectivity index (χ3n) is 1.15. The van der Waals surface area contributed by atoms with Crippen molar-refractivity contribution in [1.82, 2.24) is 0 Å². The van der Waals surface area contributed by atoms with E-state index in [1.807, 2.05) is 19.1 Å². The molecule has 1 unspecified atom stereocenters. The van der Waals surface area contributed by atoms with Gasteiger partial charge in [-0.1, -0.05) is 31.7 Å². The van der Waals surface area contributed by atoms with Crippen LogP contribution in [-0.4, -0.2) is 11.2 Å². The van der Waals surface area contributed by atoms with E-state index in [0.717, 1.165) is 12.8 Å². The van der Waals surface area contributed by atoms with Crippen molar-refractivity contribution in [3.63, 3.8) is 0 Å². The highest BCUT2D eigenvalue weighted by Gasteiger charge is 1.93. The van der Waals surface area contributed by atoms with Crippen molar-refractivity contribution < 1.29 is 5.11 Å². The van der Waals surface area contributed by atoms with E-state index in [1.165, 1.54) is 0 Å². The molecule has 0 amide bonds. The Hall–Kier alpha value is -0.560. The Morgan fingerprint density at radius 1 is 1.67 bits per heavy atom. The van der Waals surface area contributed by atoms with Crippen LogP contribution in [0.2, 0.25) is 0 Å². The number of rotatable bonds is 4. The summed E-state index contributed by atoms with van der Waals surface area (Å²) >= 11 is 0. The number of aliphatic hydroxyl groups is 1. The van der Waals surface area contributed by atoms with Gasteiger partial charge >= 0.3 is 0 Å². The van der Waals surface area contributed by atoms with Gasteiger partial charge in [0.05, 0.1) is 6.10 Å². The van der Waals surface area contributed by atoms with Crippen LogP contribution >= 0.6 is 0 Å². The third-order valence-corrected chi connectivity index (χ3v) is 1.15. The van der Waals surface area contributed by atoms with E-state index >= 15 is 0 Å². The van der Waals surface area contributed by atoms with Crippen LogP contribution in [0.5, 0.6) is 0 Å². The highest BCUT2D eigenvalue weighted by Crippen LogP contribution is 1.96. The normalized spacial score (nSPS) is 14.0. The van der Waals surface area contributed by atoms with Crippen LogP contribution in [0.1, 0.15) is 19.8 Å². The predicted molar refractivity (Wildman–Crippen MR) is 40.3 cm³/mol. The average molecular weight is 126 g/mol. The molecule has 0 aliphatic heterocycles. The van der Waals surface area contributed by atoms with E-state index in [4.69, 9.17) is 5.11 Å². The molecule has 0 aliphatic carbocycles. The maximum absolute atomic E-state index is 9.00. The Kier molecular flexibility index (Phi) is 5.23. The lowest BCUT2D eigenvalue weighted by Crippen LogP contribution is -2.00. The summed E-state index contributed by atoms with van der Waals surface area (Å²) in [6.07, 6.45) is 6.85. The topological polar surface area (TPSA) is 20.2 Å². The Bertz CT molecular complexity index is 94.7. The fraction of sp³-hybridized carbons (Fsp3) is 0.500. The predicted octanol–water partition coefficient (Wildman–Crippen LogP) is 1.89. The Morgan fingerprint density at radius 3 is 2.78 bits per heavy atom. The van der Waals surface area contributed by atoms with Gasteiger partial charge in [-0.05, 0) is 12.8 Å². The molecule has 1 atom stereocenters. The Morgan fingerprint density at radius 2 is 2.33 bits per heavy atom. The van der Waals surface area contributed by atoms with Gasteiger partial charge in [0.2, 0.25) is 0 Å². The van der Waals surface area contributed by atoms with Crippen molar-refractivity contribution in [2.24, 2.45) is 0 Å². The number of aliphatic hydroxyl groups excluding tert-OH is 1. The van der Waals surface area contributed by atoms with Crippen molar-refractivity contribution in [1.29, 1.82) is 0 Å². The molecule has 0 fully saturated rings. The SMILES string of the molecule is C=C/C=C/CC(O)CC. The quantitative estimate of drug-likeness (QED) is 0.570. The summed E-state index contributed by atoms with van der Waals surface area (Å²) in [7, 11) is 0. The van der Waals surface area contributed by atoms with Gasteiger partial charge in [-0.2, -0.15) is 0 Å². The van der Waals surface area contributed by atoms with Gasteiger partial charge in [0.25, 0.3) is 0 Å². The number of allylic oxidation sites excluding steroid dienone is 2. The molecule has 0 rings (SSSR count).